The first-order valence-electron chi connectivity index (χ1n) is 10.1. The van der Waals surface area contributed by atoms with Gasteiger partial charge in [-0.05, 0) is 29.8 Å². The van der Waals surface area contributed by atoms with Crippen LogP contribution in [0.5, 0.6) is 17.2 Å². The standard InChI is InChI=1S/C22H22N2O7/c1-27-17-4-2-3-15(11-17)13-23-7-8-24(22(14-23)30-20(25)21(26)31-22)16-5-6-18-19(12-16)29-10-9-28-18/h2-6,11-12H,7-10,13-14H2,1H3. The fourth-order valence-corrected chi connectivity index (χ4v) is 4.12. The van der Waals surface area contributed by atoms with E-state index in [2.05, 4.69) is 4.90 Å². The number of hydrogen-bond donors (Lipinski definition) is 0. The maximum atomic E-state index is 12.0. The second-order valence-corrected chi connectivity index (χ2v) is 7.53. The monoisotopic (exact) mass is 426 g/mol. The Bertz CT molecular complexity index is 1010. The molecule has 0 bridgehead atoms. The molecule has 0 aliphatic carbocycles. The number of carbonyl (C=O) groups is 2. The van der Waals surface area contributed by atoms with E-state index in [1.807, 2.05) is 36.4 Å². The van der Waals surface area contributed by atoms with Crippen LogP contribution in [-0.2, 0) is 25.6 Å². The Balaban J connectivity index is 1.42. The molecule has 3 aliphatic rings. The lowest BCUT2D eigenvalue weighted by atomic mass is 10.1. The molecule has 3 aliphatic heterocycles. The largest absolute Gasteiger partial charge is 0.497 e. The van der Waals surface area contributed by atoms with Crippen molar-refractivity contribution in [1.29, 1.82) is 0 Å². The van der Waals surface area contributed by atoms with Crippen LogP contribution in [0, 0.1) is 0 Å². The predicted molar refractivity (Wildman–Crippen MR) is 108 cm³/mol. The van der Waals surface area contributed by atoms with Crippen LogP contribution < -0.4 is 19.1 Å². The summed E-state index contributed by atoms with van der Waals surface area (Å²) in [5, 5.41) is 0. The molecule has 1 spiro atoms. The molecule has 3 heterocycles. The lowest BCUT2D eigenvalue weighted by Crippen LogP contribution is -2.63. The van der Waals surface area contributed by atoms with E-state index in [9.17, 15) is 9.59 Å². The van der Waals surface area contributed by atoms with Crippen molar-refractivity contribution in [3.8, 4) is 17.2 Å². The van der Waals surface area contributed by atoms with Crippen molar-refractivity contribution in [2.24, 2.45) is 0 Å². The van der Waals surface area contributed by atoms with Gasteiger partial charge in [-0.15, -0.1) is 0 Å². The van der Waals surface area contributed by atoms with E-state index in [4.69, 9.17) is 23.7 Å². The molecule has 0 saturated carbocycles. The van der Waals surface area contributed by atoms with Crippen LogP contribution in [0.2, 0.25) is 0 Å². The van der Waals surface area contributed by atoms with E-state index in [1.165, 1.54) is 0 Å². The van der Waals surface area contributed by atoms with Crippen LogP contribution >= 0.6 is 0 Å². The zero-order chi connectivity index (χ0) is 21.4. The van der Waals surface area contributed by atoms with Gasteiger partial charge in [-0.3, -0.25) is 9.80 Å². The van der Waals surface area contributed by atoms with Crippen molar-refractivity contribution in [1.82, 2.24) is 4.90 Å². The normalized spacial score (nSPS) is 19.8. The number of methoxy groups -OCH3 is 1. The maximum Gasteiger partial charge on any atom is 0.422 e. The van der Waals surface area contributed by atoms with Crippen molar-refractivity contribution in [3.05, 3.63) is 48.0 Å². The Morgan fingerprint density at radius 3 is 2.52 bits per heavy atom. The maximum absolute atomic E-state index is 12.0. The molecule has 0 aromatic heterocycles. The highest BCUT2D eigenvalue weighted by atomic mass is 16.8. The van der Waals surface area contributed by atoms with Gasteiger partial charge >= 0.3 is 17.8 Å². The molecular formula is C22H22N2O7. The number of fused-ring (bicyclic) bond motifs is 1. The number of hydrogen-bond acceptors (Lipinski definition) is 9. The minimum Gasteiger partial charge on any atom is -0.497 e. The van der Waals surface area contributed by atoms with Gasteiger partial charge in [-0.1, -0.05) is 12.1 Å². The van der Waals surface area contributed by atoms with Crippen molar-refractivity contribution in [3.63, 3.8) is 0 Å². The molecule has 0 N–H and O–H groups in total. The van der Waals surface area contributed by atoms with Crippen LogP contribution in [0.25, 0.3) is 0 Å². The lowest BCUT2D eigenvalue weighted by molar-refractivity contribution is -0.193. The third-order valence-electron chi connectivity index (χ3n) is 5.52. The molecule has 2 fully saturated rings. The van der Waals surface area contributed by atoms with Crippen LogP contribution in [0.1, 0.15) is 5.56 Å². The molecule has 0 atom stereocenters. The van der Waals surface area contributed by atoms with Crippen molar-refractivity contribution in [2.45, 2.75) is 12.5 Å². The fourth-order valence-electron chi connectivity index (χ4n) is 4.12. The summed E-state index contributed by atoms with van der Waals surface area (Å²) in [6.45, 7) is 2.89. The average molecular weight is 426 g/mol. The molecule has 9 heteroatoms. The molecule has 0 amide bonds. The topological polar surface area (TPSA) is 86.8 Å². The second-order valence-electron chi connectivity index (χ2n) is 7.53. The van der Waals surface area contributed by atoms with Gasteiger partial charge in [0, 0.05) is 31.4 Å². The number of carbonyl (C=O) groups excluding carboxylic acids is 2. The number of ether oxygens (including phenoxy) is 5. The first kappa shape index (κ1) is 19.5. The quantitative estimate of drug-likeness (QED) is 0.534. The molecule has 2 aromatic rings. The fraction of sp³-hybridized carbons (Fsp3) is 0.364. The summed E-state index contributed by atoms with van der Waals surface area (Å²) in [4.78, 5) is 27.9. The van der Waals surface area contributed by atoms with Crippen LogP contribution in [0.3, 0.4) is 0 Å². The Kier molecular flexibility index (Phi) is 4.82. The highest BCUT2D eigenvalue weighted by molar-refractivity contribution is 6.31. The van der Waals surface area contributed by atoms with E-state index >= 15 is 0 Å². The average Bonchev–Trinajstić information content (AvgIpc) is 3.06. The summed E-state index contributed by atoms with van der Waals surface area (Å²) in [5.41, 5.74) is 1.76. The molecule has 9 nitrogen and oxygen atoms in total. The number of esters is 2. The van der Waals surface area contributed by atoms with Gasteiger partial charge in [-0.25, -0.2) is 9.59 Å². The minimum absolute atomic E-state index is 0.204. The highest BCUT2D eigenvalue weighted by Gasteiger charge is 2.56. The van der Waals surface area contributed by atoms with Gasteiger partial charge in [0.25, 0.3) is 0 Å². The summed E-state index contributed by atoms with van der Waals surface area (Å²) < 4.78 is 27.6. The molecule has 162 valence electrons. The number of piperazine rings is 1. The smallest absolute Gasteiger partial charge is 0.422 e. The molecule has 5 rings (SSSR count). The van der Waals surface area contributed by atoms with E-state index < -0.39 is 17.8 Å². The van der Waals surface area contributed by atoms with Crippen LogP contribution in [-0.4, -0.2) is 62.7 Å². The van der Waals surface area contributed by atoms with Crippen LogP contribution in [0.15, 0.2) is 42.5 Å². The third kappa shape index (κ3) is 3.61. The zero-order valence-corrected chi connectivity index (χ0v) is 17.0. The Morgan fingerprint density at radius 2 is 1.74 bits per heavy atom. The Labute approximate surface area is 179 Å². The van der Waals surface area contributed by atoms with Gasteiger partial charge in [0.1, 0.15) is 19.0 Å². The van der Waals surface area contributed by atoms with Gasteiger partial charge < -0.3 is 23.7 Å². The SMILES string of the molecule is COc1cccc(CN2CCN(c3ccc4c(c3)OCCO4)C3(C2)OC(=O)C(=O)O3)c1. The number of anilines is 1. The third-order valence-corrected chi connectivity index (χ3v) is 5.52. The molecule has 0 radical (unpaired) electrons. The van der Waals surface area contributed by atoms with Crippen molar-refractivity contribution in [2.75, 3.05) is 44.9 Å². The lowest BCUT2D eigenvalue weighted by Gasteiger charge is -2.46. The molecule has 2 saturated heterocycles. The zero-order valence-electron chi connectivity index (χ0n) is 17.0. The van der Waals surface area contributed by atoms with Gasteiger partial charge in [0.2, 0.25) is 0 Å². The molecule has 2 aromatic carbocycles. The van der Waals surface area contributed by atoms with Crippen molar-refractivity contribution < 1.29 is 33.3 Å². The van der Waals surface area contributed by atoms with Crippen molar-refractivity contribution >= 4 is 17.6 Å². The first-order valence-corrected chi connectivity index (χ1v) is 10.1. The number of rotatable bonds is 4. The number of nitrogens with zero attached hydrogens (tertiary/aromatic N) is 2. The summed E-state index contributed by atoms with van der Waals surface area (Å²) >= 11 is 0. The molecular weight excluding hydrogens is 404 g/mol. The summed E-state index contributed by atoms with van der Waals surface area (Å²) in [6, 6.07) is 13.2. The summed E-state index contributed by atoms with van der Waals surface area (Å²) in [6.07, 6.45) is 0. The molecule has 31 heavy (non-hydrogen) atoms. The van der Waals surface area contributed by atoms with Crippen LogP contribution in [0.4, 0.5) is 5.69 Å². The van der Waals surface area contributed by atoms with E-state index in [0.29, 0.717) is 50.0 Å². The second kappa shape index (κ2) is 7.66. The predicted octanol–water partition coefficient (Wildman–Crippen LogP) is 1.54. The van der Waals surface area contributed by atoms with E-state index in [1.54, 1.807) is 18.1 Å². The minimum atomic E-state index is -1.53. The van der Waals surface area contributed by atoms with E-state index in [-0.39, 0.29) is 6.54 Å². The van der Waals surface area contributed by atoms with Gasteiger partial charge in [0.05, 0.1) is 13.7 Å². The van der Waals surface area contributed by atoms with E-state index in [0.717, 1.165) is 11.3 Å². The summed E-state index contributed by atoms with van der Waals surface area (Å²) in [7, 11) is 1.62. The number of benzene rings is 2. The Hall–Kier alpha value is -3.46. The van der Waals surface area contributed by atoms with Gasteiger partial charge in [-0.2, -0.15) is 0 Å². The molecule has 0 unspecified atom stereocenters. The summed E-state index contributed by atoms with van der Waals surface area (Å²) in [5.74, 6) is -1.50. The highest BCUT2D eigenvalue weighted by Crippen LogP contribution is 2.39. The Morgan fingerprint density at radius 1 is 0.968 bits per heavy atom. The van der Waals surface area contributed by atoms with Gasteiger partial charge in [0.15, 0.2) is 11.5 Å². The first-order chi connectivity index (χ1) is 15.1.